The molecule has 1 fully saturated rings. The number of hydrogen-bond donors (Lipinski definition) is 0. The van der Waals surface area contributed by atoms with E-state index in [2.05, 4.69) is 12.1 Å². The molecule has 0 aliphatic carbocycles. The van der Waals surface area contributed by atoms with E-state index in [0.29, 0.717) is 44.9 Å². The van der Waals surface area contributed by atoms with Gasteiger partial charge in [-0.15, -0.1) is 0 Å². The van der Waals surface area contributed by atoms with E-state index in [0.717, 1.165) is 24.2 Å². The molecule has 0 atom stereocenters. The Hall–Kier alpha value is -3.07. The first kappa shape index (κ1) is 21.6. The molecule has 1 saturated heterocycles. The smallest absolute Gasteiger partial charge is 0.222 e. The van der Waals surface area contributed by atoms with Crippen molar-refractivity contribution < 1.29 is 13.9 Å². The molecule has 2 aromatic carbocycles. The molecule has 0 unspecified atom stereocenters. The first-order valence-corrected chi connectivity index (χ1v) is 10.4. The van der Waals surface area contributed by atoms with E-state index in [1.807, 2.05) is 35.8 Å². The lowest BCUT2D eigenvalue weighted by Gasteiger charge is -2.36. The third-order valence-electron chi connectivity index (χ3n) is 5.46. The molecule has 0 radical (unpaired) electrons. The third kappa shape index (κ3) is 5.29. The number of carbonyl (C=O) groups excluding carboxylic acids is 1. The molecule has 0 spiro atoms. The molecule has 1 heterocycles. The van der Waals surface area contributed by atoms with Gasteiger partial charge in [0.15, 0.2) is 0 Å². The van der Waals surface area contributed by atoms with E-state index in [-0.39, 0.29) is 11.5 Å². The van der Waals surface area contributed by atoms with Gasteiger partial charge in [0.05, 0.1) is 12.3 Å². The number of unbranched alkanes of at least 4 members (excludes halogenated alkanes) is 1. The highest BCUT2D eigenvalue weighted by Gasteiger charge is 2.23. The van der Waals surface area contributed by atoms with Crippen LogP contribution in [0, 0.1) is 31.0 Å². The second kappa shape index (κ2) is 10.1. The van der Waals surface area contributed by atoms with Gasteiger partial charge in [-0.1, -0.05) is 18.2 Å². The standard InChI is InChI=1S/C24H28FN3O2/c1-18-9-10-19(2)23(16-18)30-15-4-3-8-24(29)28-13-11-27(12-14-28)22-7-5-6-21(25)20(22)17-26/h5-7,9-10,16H,3-4,8,11-15H2,1-2H3. The summed E-state index contributed by atoms with van der Waals surface area (Å²) < 4.78 is 19.7. The number of aryl methyl sites for hydroxylation is 2. The number of ether oxygens (including phenoxy) is 1. The Kier molecular flexibility index (Phi) is 7.29. The number of rotatable bonds is 7. The summed E-state index contributed by atoms with van der Waals surface area (Å²) in [4.78, 5) is 16.3. The monoisotopic (exact) mass is 409 g/mol. The van der Waals surface area contributed by atoms with E-state index in [1.54, 1.807) is 12.1 Å². The molecule has 1 aliphatic rings. The van der Waals surface area contributed by atoms with Crippen LogP contribution in [-0.2, 0) is 4.79 Å². The Morgan fingerprint density at radius 1 is 1.13 bits per heavy atom. The Morgan fingerprint density at radius 3 is 2.63 bits per heavy atom. The van der Waals surface area contributed by atoms with Crippen molar-refractivity contribution in [1.82, 2.24) is 4.90 Å². The minimum Gasteiger partial charge on any atom is -0.493 e. The number of halogens is 1. The maximum Gasteiger partial charge on any atom is 0.222 e. The fraction of sp³-hybridized carbons (Fsp3) is 0.417. The predicted molar refractivity (Wildman–Crippen MR) is 115 cm³/mol. The Balaban J connectivity index is 1.40. The molecule has 1 aliphatic heterocycles. The Morgan fingerprint density at radius 2 is 1.90 bits per heavy atom. The molecule has 158 valence electrons. The van der Waals surface area contributed by atoms with Crippen LogP contribution in [0.15, 0.2) is 36.4 Å². The number of nitriles is 1. The zero-order chi connectivity index (χ0) is 21.5. The second-order valence-electron chi connectivity index (χ2n) is 7.69. The topological polar surface area (TPSA) is 56.6 Å². The first-order valence-electron chi connectivity index (χ1n) is 10.4. The van der Waals surface area contributed by atoms with E-state index in [9.17, 15) is 14.4 Å². The minimum absolute atomic E-state index is 0.0705. The zero-order valence-electron chi connectivity index (χ0n) is 17.7. The maximum absolute atomic E-state index is 13.8. The quantitative estimate of drug-likeness (QED) is 0.643. The largest absolute Gasteiger partial charge is 0.493 e. The minimum atomic E-state index is -0.503. The van der Waals surface area contributed by atoms with Gasteiger partial charge in [-0.2, -0.15) is 5.26 Å². The van der Waals surface area contributed by atoms with Crippen LogP contribution in [0.25, 0.3) is 0 Å². The third-order valence-corrected chi connectivity index (χ3v) is 5.46. The highest BCUT2D eigenvalue weighted by molar-refractivity contribution is 5.76. The van der Waals surface area contributed by atoms with Gasteiger partial charge in [0.25, 0.3) is 0 Å². The van der Waals surface area contributed by atoms with Crippen LogP contribution < -0.4 is 9.64 Å². The molecule has 2 aromatic rings. The van der Waals surface area contributed by atoms with Crippen molar-refractivity contribution in [2.45, 2.75) is 33.1 Å². The number of piperazine rings is 1. The number of hydrogen-bond acceptors (Lipinski definition) is 4. The average Bonchev–Trinajstić information content (AvgIpc) is 2.75. The number of nitrogens with zero attached hydrogens (tertiary/aromatic N) is 3. The summed E-state index contributed by atoms with van der Waals surface area (Å²) in [7, 11) is 0. The van der Waals surface area contributed by atoms with Crippen LogP contribution in [0.2, 0.25) is 0 Å². The summed E-state index contributed by atoms with van der Waals surface area (Å²) >= 11 is 0. The van der Waals surface area contributed by atoms with Gasteiger partial charge in [-0.3, -0.25) is 4.79 Å². The normalized spacial score (nSPS) is 13.8. The van der Waals surface area contributed by atoms with Gasteiger partial charge in [-0.25, -0.2) is 4.39 Å². The van der Waals surface area contributed by atoms with E-state index < -0.39 is 5.82 Å². The average molecular weight is 410 g/mol. The van der Waals surface area contributed by atoms with Crippen molar-refractivity contribution >= 4 is 11.6 Å². The van der Waals surface area contributed by atoms with Crippen molar-refractivity contribution in [2.24, 2.45) is 0 Å². The number of amides is 1. The summed E-state index contributed by atoms with van der Waals surface area (Å²) in [5.41, 5.74) is 2.96. The Labute approximate surface area is 177 Å². The summed E-state index contributed by atoms with van der Waals surface area (Å²) in [6, 6.07) is 12.8. The fourth-order valence-corrected chi connectivity index (χ4v) is 3.67. The van der Waals surface area contributed by atoms with Gasteiger partial charge in [0.2, 0.25) is 5.91 Å². The molecule has 3 rings (SSSR count). The summed E-state index contributed by atoms with van der Waals surface area (Å²) in [5.74, 6) is 0.546. The van der Waals surface area contributed by atoms with Gasteiger partial charge in [0.1, 0.15) is 23.2 Å². The number of carbonyl (C=O) groups is 1. The van der Waals surface area contributed by atoms with Crippen molar-refractivity contribution in [3.05, 3.63) is 58.9 Å². The van der Waals surface area contributed by atoms with E-state index in [1.165, 1.54) is 11.6 Å². The number of benzene rings is 2. The van der Waals surface area contributed by atoms with Crippen molar-refractivity contribution in [2.75, 3.05) is 37.7 Å². The summed E-state index contributed by atoms with van der Waals surface area (Å²) in [6.07, 6.45) is 2.11. The van der Waals surface area contributed by atoms with Gasteiger partial charge >= 0.3 is 0 Å². The Bertz CT molecular complexity index is 931. The van der Waals surface area contributed by atoms with Gasteiger partial charge < -0.3 is 14.5 Å². The molecule has 0 aromatic heterocycles. The lowest BCUT2D eigenvalue weighted by atomic mass is 10.1. The summed E-state index contributed by atoms with van der Waals surface area (Å²) in [5, 5.41) is 9.22. The first-order chi connectivity index (χ1) is 14.5. The van der Waals surface area contributed by atoms with Crippen molar-refractivity contribution in [1.29, 1.82) is 5.26 Å². The molecule has 1 amide bonds. The van der Waals surface area contributed by atoms with Crippen LogP contribution in [0.5, 0.6) is 5.75 Å². The van der Waals surface area contributed by atoms with Gasteiger partial charge in [0, 0.05) is 32.6 Å². The van der Waals surface area contributed by atoms with Crippen LogP contribution in [-0.4, -0.2) is 43.6 Å². The highest BCUT2D eigenvalue weighted by Crippen LogP contribution is 2.24. The van der Waals surface area contributed by atoms with E-state index in [4.69, 9.17) is 4.74 Å². The van der Waals surface area contributed by atoms with Crippen LogP contribution in [0.4, 0.5) is 10.1 Å². The molecule has 6 heteroatoms. The SMILES string of the molecule is Cc1ccc(C)c(OCCCCC(=O)N2CCN(c3cccc(F)c3C#N)CC2)c1. The molecular weight excluding hydrogens is 381 g/mol. The summed E-state index contributed by atoms with van der Waals surface area (Å²) in [6.45, 7) is 7.03. The molecule has 5 nitrogen and oxygen atoms in total. The maximum atomic E-state index is 13.8. The van der Waals surface area contributed by atoms with Crippen LogP contribution in [0.3, 0.4) is 0 Å². The van der Waals surface area contributed by atoms with Gasteiger partial charge in [-0.05, 0) is 56.0 Å². The lowest BCUT2D eigenvalue weighted by molar-refractivity contribution is -0.131. The van der Waals surface area contributed by atoms with Crippen LogP contribution in [0.1, 0.15) is 36.0 Å². The molecular formula is C24H28FN3O2. The highest BCUT2D eigenvalue weighted by atomic mass is 19.1. The molecule has 30 heavy (non-hydrogen) atoms. The molecule has 0 saturated carbocycles. The zero-order valence-corrected chi connectivity index (χ0v) is 17.7. The van der Waals surface area contributed by atoms with Crippen molar-refractivity contribution in [3.8, 4) is 11.8 Å². The predicted octanol–water partition coefficient (Wildman–Crippen LogP) is 4.21. The second-order valence-corrected chi connectivity index (χ2v) is 7.69. The fourth-order valence-electron chi connectivity index (χ4n) is 3.67. The van der Waals surface area contributed by atoms with Crippen LogP contribution >= 0.6 is 0 Å². The molecule has 0 bridgehead atoms. The van der Waals surface area contributed by atoms with Crippen molar-refractivity contribution in [3.63, 3.8) is 0 Å². The lowest BCUT2D eigenvalue weighted by Crippen LogP contribution is -2.49. The molecule has 0 N–H and O–H groups in total. The number of anilines is 1. The van der Waals surface area contributed by atoms with E-state index >= 15 is 0 Å².